The van der Waals surface area contributed by atoms with E-state index in [1.54, 1.807) is 6.07 Å². The number of carbonyl (C=O) groups excluding carboxylic acids is 1. The lowest BCUT2D eigenvalue weighted by atomic mass is 9.77. The van der Waals surface area contributed by atoms with Gasteiger partial charge in [0.15, 0.2) is 0 Å². The number of nitrogens with two attached hydrogens (primary N) is 1. The van der Waals surface area contributed by atoms with E-state index in [4.69, 9.17) is 5.73 Å². The summed E-state index contributed by atoms with van der Waals surface area (Å²) in [7, 11) is 0. The van der Waals surface area contributed by atoms with Gasteiger partial charge in [-0.1, -0.05) is 18.2 Å². The van der Waals surface area contributed by atoms with Gasteiger partial charge in [-0.05, 0) is 98.5 Å². The van der Waals surface area contributed by atoms with Crippen molar-refractivity contribution in [1.29, 1.82) is 0 Å². The lowest BCUT2D eigenvalue weighted by Gasteiger charge is -2.32. The van der Waals surface area contributed by atoms with Crippen LogP contribution in [0.5, 0.6) is 0 Å². The van der Waals surface area contributed by atoms with Gasteiger partial charge >= 0.3 is 0 Å². The minimum atomic E-state index is -0.820. The molecule has 6 rings (SSSR count). The molecule has 5 aromatic rings. The Morgan fingerprint density at radius 2 is 1.97 bits per heavy atom. The van der Waals surface area contributed by atoms with E-state index in [0.29, 0.717) is 28.7 Å². The average molecular weight is 525 g/mol. The van der Waals surface area contributed by atoms with Crippen LogP contribution < -0.4 is 11.3 Å². The van der Waals surface area contributed by atoms with Gasteiger partial charge in [-0.15, -0.1) is 0 Å². The number of H-pyrrole nitrogens is 1. The fraction of sp³-hybridized carbons (Fsp3) is 0.258. The number of benzene rings is 3. The highest BCUT2D eigenvalue weighted by atomic mass is 19.1. The molecule has 0 fully saturated rings. The van der Waals surface area contributed by atoms with Crippen LogP contribution >= 0.6 is 0 Å². The third kappa shape index (κ3) is 4.03. The lowest BCUT2D eigenvalue weighted by Crippen LogP contribution is -2.34. The number of halogens is 1. The van der Waals surface area contributed by atoms with E-state index in [0.717, 1.165) is 46.2 Å². The molecular weight excluding hydrogens is 495 g/mol. The highest BCUT2D eigenvalue weighted by Crippen LogP contribution is 2.42. The first-order chi connectivity index (χ1) is 18.5. The second-order valence-corrected chi connectivity index (χ2v) is 11.0. The summed E-state index contributed by atoms with van der Waals surface area (Å²) in [4.78, 5) is 33.6. The molecule has 1 amide bonds. The van der Waals surface area contributed by atoms with Gasteiger partial charge < -0.3 is 15.8 Å². The Morgan fingerprint density at radius 1 is 1.18 bits per heavy atom. The van der Waals surface area contributed by atoms with Crippen molar-refractivity contribution in [3.05, 3.63) is 93.4 Å². The molecule has 198 valence electrons. The summed E-state index contributed by atoms with van der Waals surface area (Å²) in [5.74, 6) is -0.929. The molecule has 8 heteroatoms. The van der Waals surface area contributed by atoms with Crippen molar-refractivity contribution < 1.29 is 14.3 Å². The number of aromatic amines is 1. The Morgan fingerprint density at radius 3 is 2.72 bits per heavy atom. The molecule has 39 heavy (non-hydrogen) atoms. The molecule has 1 aliphatic carbocycles. The molecule has 2 aromatic heterocycles. The maximum Gasteiger partial charge on any atom is 0.265 e. The predicted molar refractivity (Wildman–Crippen MR) is 150 cm³/mol. The average Bonchev–Trinajstić information content (AvgIpc) is 3.28. The summed E-state index contributed by atoms with van der Waals surface area (Å²) in [6.45, 7) is 5.60. The Hall–Kier alpha value is -4.30. The summed E-state index contributed by atoms with van der Waals surface area (Å²) in [5.41, 5.74) is 11.5. The van der Waals surface area contributed by atoms with E-state index >= 15 is 0 Å². The molecule has 3 aromatic carbocycles. The van der Waals surface area contributed by atoms with Crippen LogP contribution in [0.1, 0.15) is 47.4 Å². The summed E-state index contributed by atoms with van der Waals surface area (Å²) in [6, 6.07) is 13.3. The van der Waals surface area contributed by atoms with Crippen LogP contribution in [0, 0.1) is 18.7 Å². The van der Waals surface area contributed by atoms with Crippen molar-refractivity contribution in [3.63, 3.8) is 0 Å². The number of aryl methyl sites for hydroxylation is 1. The van der Waals surface area contributed by atoms with Crippen LogP contribution in [0.15, 0.2) is 59.7 Å². The van der Waals surface area contributed by atoms with Gasteiger partial charge in [-0.25, -0.2) is 9.37 Å². The van der Waals surface area contributed by atoms with Gasteiger partial charge in [0.05, 0.1) is 33.3 Å². The van der Waals surface area contributed by atoms with Crippen LogP contribution in [0.25, 0.3) is 38.6 Å². The van der Waals surface area contributed by atoms with E-state index in [1.807, 2.05) is 45.0 Å². The normalized spacial score (nSPS) is 15.6. The van der Waals surface area contributed by atoms with Crippen LogP contribution in [0.3, 0.4) is 0 Å². The van der Waals surface area contributed by atoms with Gasteiger partial charge in [-0.2, -0.15) is 0 Å². The third-order valence-electron chi connectivity index (χ3n) is 8.18. The van der Waals surface area contributed by atoms with Gasteiger partial charge in [-0.3, -0.25) is 14.2 Å². The van der Waals surface area contributed by atoms with E-state index in [2.05, 4.69) is 9.97 Å². The first kappa shape index (κ1) is 25.0. The number of carbonyl (C=O) groups is 1. The van der Waals surface area contributed by atoms with Crippen molar-refractivity contribution in [2.75, 3.05) is 0 Å². The number of nitrogens with zero attached hydrogens (tertiary/aromatic N) is 2. The molecular formula is C31H29FN4O3. The largest absolute Gasteiger partial charge is 0.390 e. The van der Waals surface area contributed by atoms with E-state index < -0.39 is 17.3 Å². The molecule has 0 spiro atoms. The molecule has 0 bridgehead atoms. The maximum atomic E-state index is 13.9. The number of aromatic nitrogens is 3. The molecule has 4 N–H and O–H groups in total. The number of aliphatic hydroxyl groups is 1. The fourth-order valence-electron chi connectivity index (χ4n) is 6.02. The summed E-state index contributed by atoms with van der Waals surface area (Å²) < 4.78 is 15.4. The Labute approximate surface area is 224 Å². The molecule has 0 radical (unpaired) electrons. The van der Waals surface area contributed by atoms with Crippen molar-refractivity contribution >= 4 is 27.7 Å². The van der Waals surface area contributed by atoms with E-state index in [9.17, 15) is 19.1 Å². The quantitative estimate of drug-likeness (QED) is 0.308. The third-order valence-corrected chi connectivity index (χ3v) is 8.18. The van der Waals surface area contributed by atoms with Crippen molar-refractivity contribution in [2.45, 2.75) is 45.6 Å². The first-order valence-corrected chi connectivity index (χ1v) is 13.0. The monoisotopic (exact) mass is 524 g/mol. The number of primary amides is 1. The summed E-state index contributed by atoms with van der Waals surface area (Å²) in [6.07, 6.45) is 3.70. The molecule has 1 aliphatic rings. The number of fused-ring (bicyclic) bond motifs is 4. The standard InChI is InChI=1S/C31H29FN4O3/c1-16-19(5-4-6-26(16)36-15-34-24-12-8-18(32)14-23(24)30(36)38)20-10-11-22(29(33)37)28-27(20)21-9-7-17(31(2,3)39)13-25(21)35-28/h4-6,8,10-12,14-15,17,35,39H,7,9,13H2,1-3H3,(H2,33,37). The lowest BCUT2D eigenvalue weighted by molar-refractivity contribution is 0.0107. The number of hydrogen-bond acceptors (Lipinski definition) is 4. The van der Waals surface area contributed by atoms with Gasteiger partial charge in [0.1, 0.15) is 12.1 Å². The minimum absolute atomic E-state index is 0.0840. The van der Waals surface area contributed by atoms with Crippen LogP contribution in [-0.2, 0) is 12.8 Å². The Balaban J connectivity index is 1.57. The molecule has 1 unspecified atom stereocenters. The number of hydrogen-bond donors (Lipinski definition) is 3. The van der Waals surface area contributed by atoms with E-state index in [1.165, 1.54) is 29.1 Å². The van der Waals surface area contributed by atoms with Crippen LogP contribution in [0.2, 0.25) is 0 Å². The van der Waals surface area contributed by atoms with Crippen LogP contribution in [-0.4, -0.2) is 31.1 Å². The molecule has 0 saturated heterocycles. The summed E-state index contributed by atoms with van der Waals surface area (Å²) >= 11 is 0. The van der Waals surface area contributed by atoms with Crippen molar-refractivity contribution in [1.82, 2.24) is 14.5 Å². The molecule has 7 nitrogen and oxygen atoms in total. The smallest absolute Gasteiger partial charge is 0.265 e. The predicted octanol–water partition coefficient (Wildman–Crippen LogP) is 4.96. The Kier molecular flexibility index (Phi) is 5.69. The highest BCUT2D eigenvalue weighted by Gasteiger charge is 2.33. The molecule has 0 aliphatic heterocycles. The fourth-order valence-corrected chi connectivity index (χ4v) is 6.02. The van der Waals surface area contributed by atoms with Gasteiger partial charge in [0.25, 0.3) is 11.5 Å². The van der Waals surface area contributed by atoms with Gasteiger partial charge in [0, 0.05) is 11.1 Å². The zero-order valence-electron chi connectivity index (χ0n) is 22.0. The Bertz CT molecular complexity index is 1860. The number of amides is 1. The van der Waals surface area contributed by atoms with Crippen molar-refractivity contribution in [3.8, 4) is 16.8 Å². The van der Waals surface area contributed by atoms with Crippen molar-refractivity contribution in [2.24, 2.45) is 11.7 Å². The van der Waals surface area contributed by atoms with E-state index in [-0.39, 0.29) is 16.9 Å². The molecule has 0 saturated carbocycles. The van der Waals surface area contributed by atoms with Gasteiger partial charge in [0.2, 0.25) is 0 Å². The number of nitrogens with one attached hydrogen (secondary N) is 1. The summed E-state index contributed by atoms with van der Waals surface area (Å²) in [5, 5.41) is 11.8. The molecule has 2 heterocycles. The maximum absolute atomic E-state index is 13.9. The first-order valence-electron chi connectivity index (χ1n) is 13.0. The number of rotatable bonds is 4. The zero-order valence-corrected chi connectivity index (χ0v) is 22.0. The molecule has 1 atom stereocenters. The second-order valence-electron chi connectivity index (χ2n) is 11.0. The van der Waals surface area contributed by atoms with Crippen LogP contribution in [0.4, 0.5) is 4.39 Å². The second kappa shape index (κ2) is 8.88. The minimum Gasteiger partial charge on any atom is -0.390 e. The SMILES string of the molecule is Cc1c(-c2ccc(C(N)=O)c3[nH]c4c(c23)CCC(C(C)(C)O)C4)cccc1-n1cnc2ccc(F)cc2c1=O. The topological polar surface area (TPSA) is 114 Å². The highest BCUT2D eigenvalue weighted by molar-refractivity contribution is 6.11. The zero-order chi connectivity index (χ0) is 27.6.